The second kappa shape index (κ2) is 9.29. The van der Waals surface area contributed by atoms with E-state index in [1.807, 2.05) is 6.20 Å². The van der Waals surface area contributed by atoms with Gasteiger partial charge >= 0.3 is 245 Å². The zero-order valence-corrected chi connectivity index (χ0v) is 28.6. The van der Waals surface area contributed by atoms with Crippen LogP contribution in [0.5, 0.6) is 0 Å². The summed E-state index contributed by atoms with van der Waals surface area (Å²) in [4.78, 5) is 5.12. The fraction of sp³-hybridized carbons (Fsp3) is 0.270. The molecule has 0 fully saturated rings. The number of rotatable bonds is 3. The summed E-state index contributed by atoms with van der Waals surface area (Å²) in [6, 6.07) is 30.1. The Morgan fingerprint density at radius 2 is 1.35 bits per heavy atom. The van der Waals surface area contributed by atoms with Gasteiger partial charge in [-0.2, -0.15) is 0 Å². The summed E-state index contributed by atoms with van der Waals surface area (Å²) in [5, 5.41) is 4.16. The van der Waals surface area contributed by atoms with Crippen LogP contribution in [-0.2, 0) is 5.41 Å². The Balaban J connectivity index is 1.53. The minimum atomic E-state index is -2.70. The van der Waals surface area contributed by atoms with Gasteiger partial charge in [-0.15, -0.1) is 0 Å². The molecule has 0 radical (unpaired) electrons. The molecule has 202 valence electrons. The molecular weight excluding hydrogens is 559 g/mol. The average molecular weight is 600 g/mol. The molecule has 5 aromatic rings. The number of hydrogen-bond donors (Lipinski definition) is 0. The third-order valence-corrected chi connectivity index (χ3v) is 18.7. The van der Waals surface area contributed by atoms with Crippen LogP contribution in [-0.4, -0.2) is 26.3 Å². The summed E-state index contributed by atoms with van der Waals surface area (Å²) in [6.07, 6.45) is 2.03. The molecule has 6 rings (SSSR count). The van der Waals surface area contributed by atoms with Crippen molar-refractivity contribution < 1.29 is 0 Å². The number of nitrogens with zero attached hydrogens (tertiary/aromatic N) is 1. The van der Waals surface area contributed by atoms with Crippen LogP contribution in [0.15, 0.2) is 85.1 Å². The van der Waals surface area contributed by atoms with Gasteiger partial charge in [0.1, 0.15) is 0 Å². The molecule has 40 heavy (non-hydrogen) atoms. The Morgan fingerprint density at radius 1 is 0.700 bits per heavy atom. The zero-order chi connectivity index (χ0) is 28.6. The molecule has 0 bridgehead atoms. The van der Waals surface area contributed by atoms with E-state index < -0.39 is 21.3 Å². The zero-order valence-electron chi connectivity index (χ0n) is 25.5. The van der Waals surface area contributed by atoms with Crippen molar-refractivity contribution in [1.82, 2.24) is 4.98 Å². The van der Waals surface area contributed by atoms with Crippen LogP contribution in [0.3, 0.4) is 0 Å². The Labute approximate surface area is 244 Å². The molecule has 1 aromatic heterocycles. The molecule has 0 aliphatic carbocycles. The van der Waals surface area contributed by atoms with Gasteiger partial charge in [0.05, 0.1) is 0 Å². The SMILES string of the molecule is Cc1c(-c2ccc([Si](C)(C)C)cc2)ccc2[c]1[Ge]([CH3])([CH3])[c]1c-2ccnc1-c1cc(C(C)(C)C)c2ccccc2c1. The topological polar surface area (TPSA) is 12.9 Å². The molecule has 4 aromatic carbocycles. The second-order valence-corrected chi connectivity index (χ2v) is 28.2. The van der Waals surface area contributed by atoms with E-state index in [4.69, 9.17) is 4.98 Å². The first kappa shape index (κ1) is 27.2. The Bertz CT molecular complexity index is 1780. The average Bonchev–Trinajstić information content (AvgIpc) is 3.14. The van der Waals surface area contributed by atoms with Crippen molar-refractivity contribution in [1.29, 1.82) is 0 Å². The van der Waals surface area contributed by atoms with E-state index in [1.165, 1.54) is 65.0 Å². The molecule has 0 amide bonds. The van der Waals surface area contributed by atoms with E-state index in [9.17, 15) is 0 Å². The van der Waals surface area contributed by atoms with Crippen molar-refractivity contribution in [3.63, 3.8) is 0 Å². The number of aromatic nitrogens is 1. The fourth-order valence-electron chi connectivity index (χ4n) is 6.93. The molecule has 0 saturated heterocycles. The summed E-state index contributed by atoms with van der Waals surface area (Å²) in [5.41, 5.74) is 10.9. The summed E-state index contributed by atoms with van der Waals surface area (Å²) in [7, 11) is -1.32. The molecule has 0 N–H and O–H groups in total. The molecule has 0 atom stereocenters. The monoisotopic (exact) mass is 601 g/mol. The van der Waals surface area contributed by atoms with Crippen molar-refractivity contribution >= 4 is 46.1 Å². The molecule has 1 aliphatic rings. The van der Waals surface area contributed by atoms with E-state index in [1.54, 1.807) is 4.40 Å². The van der Waals surface area contributed by atoms with E-state index >= 15 is 0 Å². The second-order valence-electron chi connectivity index (χ2n) is 14.2. The van der Waals surface area contributed by atoms with Gasteiger partial charge in [-0.1, -0.05) is 0 Å². The predicted molar refractivity (Wildman–Crippen MR) is 181 cm³/mol. The summed E-state index contributed by atoms with van der Waals surface area (Å²) in [5.74, 6) is 5.15. The molecule has 1 aliphatic heterocycles. The summed E-state index contributed by atoms with van der Waals surface area (Å²) in [6.45, 7) is 16.6. The van der Waals surface area contributed by atoms with Gasteiger partial charge in [0.2, 0.25) is 0 Å². The fourth-order valence-corrected chi connectivity index (χ4v) is 16.3. The quantitative estimate of drug-likeness (QED) is 0.189. The molecule has 0 unspecified atom stereocenters. The van der Waals surface area contributed by atoms with Crippen molar-refractivity contribution in [2.45, 2.75) is 64.3 Å². The molecule has 2 heterocycles. The third-order valence-electron chi connectivity index (χ3n) is 8.96. The van der Waals surface area contributed by atoms with Crippen molar-refractivity contribution in [2.24, 2.45) is 0 Å². The molecule has 0 spiro atoms. The standard InChI is InChI=1S/C37H41GeNSi/c1-24-29(25-14-16-28(17-15-25)40(7,8)9)18-19-31-32-20-21-39-36(35(32)38(5,6)34(24)31)27-22-26-12-10-11-13-30(26)33(23-27)37(2,3)4/h10-23H,1-9H3. The van der Waals surface area contributed by atoms with Crippen LogP contribution in [0, 0.1) is 6.92 Å². The van der Waals surface area contributed by atoms with Crippen molar-refractivity contribution in [3.05, 3.63) is 96.2 Å². The van der Waals surface area contributed by atoms with Gasteiger partial charge in [-0.05, 0) is 0 Å². The van der Waals surface area contributed by atoms with Gasteiger partial charge in [-0.3, -0.25) is 0 Å². The molecule has 0 saturated carbocycles. The summed E-state index contributed by atoms with van der Waals surface area (Å²) >= 11 is -2.70. The maximum atomic E-state index is 5.12. The third kappa shape index (κ3) is 4.31. The van der Waals surface area contributed by atoms with Crippen LogP contribution < -0.4 is 14.0 Å². The predicted octanol–water partition coefficient (Wildman–Crippen LogP) is 8.52. The number of fused-ring (bicyclic) bond motifs is 4. The van der Waals surface area contributed by atoms with Crippen LogP contribution in [0.1, 0.15) is 31.9 Å². The van der Waals surface area contributed by atoms with Crippen LogP contribution >= 0.6 is 0 Å². The first-order valence-electron chi connectivity index (χ1n) is 14.6. The Kier molecular flexibility index (Phi) is 6.32. The van der Waals surface area contributed by atoms with Crippen LogP contribution in [0.2, 0.25) is 31.2 Å². The number of pyridine rings is 1. The van der Waals surface area contributed by atoms with E-state index in [-0.39, 0.29) is 5.41 Å². The first-order valence-corrected chi connectivity index (χ1v) is 24.4. The van der Waals surface area contributed by atoms with E-state index in [0.717, 1.165) is 0 Å². The minimum absolute atomic E-state index is 0.0456. The first-order chi connectivity index (χ1) is 18.8. The van der Waals surface area contributed by atoms with E-state index in [0.29, 0.717) is 0 Å². The van der Waals surface area contributed by atoms with Gasteiger partial charge in [-0.25, -0.2) is 0 Å². The van der Waals surface area contributed by atoms with Gasteiger partial charge < -0.3 is 0 Å². The van der Waals surface area contributed by atoms with Gasteiger partial charge in [0.25, 0.3) is 0 Å². The van der Waals surface area contributed by atoms with Crippen molar-refractivity contribution in [2.75, 3.05) is 0 Å². The molecular formula is C37H41GeNSi. The van der Waals surface area contributed by atoms with Crippen LogP contribution in [0.25, 0.3) is 44.3 Å². The maximum absolute atomic E-state index is 5.12. The van der Waals surface area contributed by atoms with Crippen LogP contribution in [0.4, 0.5) is 0 Å². The number of hydrogen-bond acceptors (Lipinski definition) is 1. The molecule has 3 heteroatoms. The van der Waals surface area contributed by atoms with Gasteiger partial charge in [0, 0.05) is 0 Å². The Hall–Kier alpha value is -2.95. The normalized spacial score (nSPS) is 14.3. The van der Waals surface area contributed by atoms with Gasteiger partial charge in [0.15, 0.2) is 0 Å². The Morgan fingerprint density at radius 3 is 2.02 bits per heavy atom. The number of benzene rings is 4. The van der Waals surface area contributed by atoms with Crippen molar-refractivity contribution in [3.8, 4) is 33.5 Å². The summed E-state index contributed by atoms with van der Waals surface area (Å²) < 4.78 is 3.15. The molecule has 1 nitrogen and oxygen atoms in total. The van der Waals surface area contributed by atoms with E-state index in [2.05, 4.69) is 138 Å².